The molecule has 1 aromatic rings. The second-order valence-corrected chi connectivity index (χ2v) is 6.29. The molecule has 1 unspecified atom stereocenters. The van der Waals surface area contributed by atoms with Gasteiger partial charge >= 0.3 is 0 Å². The molecule has 1 saturated carbocycles. The van der Waals surface area contributed by atoms with Crippen LogP contribution in [0.4, 0.5) is 0 Å². The van der Waals surface area contributed by atoms with Crippen LogP contribution < -0.4 is 5.32 Å². The Balaban J connectivity index is 1.80. The van der Waals surface area contributed by atoms with E-state index in [0.29, 0.717) is 0 Å². The molecular formula is C13H22N2S. The third kappa shape index (κ3) is 4.22. The molecule has 0 aromatic carbocycles. The molecule has 1 N–H and O–H groups in total. The van der Waals surface area contributed by atoms with Crippen molar-refractivity contribution in [1.82, 2.24) is 10.3 Å². The molecule has 0 radical (unpaired) electrons. The van der Waals surface area contributed by atoms with Gasteiger partial charge in [0.25, 0.3) is 0 Å². The summed E-state index contributed by atoms with van der Waals surface area (Å²) >= 11 is 1.79. The number of hydrogen-bond acceptors (Lipinski definition) is 3. The van der Waals surface area contributed by atoms with E-state index >= 15 is 0 Å². The van der Waals surface area contributed by atoms with Gasteiger partial charge in [-0.2, -0.15) is 0 Å². The Morgan fingerprint density at radius 3 is 2.88 bits per heavy atom. The average molecular weight is 238 g/mol. The van der Waals surface area contributed by atoms with E-state index in [2.05, 4.69) is 29.5 Å². The molecule has 1 fully saturated rings. The van der Waals surface area contributed by atoms with Crippen molar-refractivity contribution in [1.29, 1.82) is 0 Å². The zero-order chi connectivity index (χ0) is 11.4. The Labute approximate surface area is 102 Å². The maximum absolute atomic E-state index is 4.40. The van der Waals surface area contributed by atoms with Crippen LogP contribution in [0, 0.1) is 11.8 Å². The van der Waals surface area contributed by atoms with Gasteiger partial charge in [-0.25, -0.2) is 4.98 Å². The third-order valence-electron chi connectivity index (χ3n) is 3.02. The summed E-state index contributed by atoms with van der Waals surface area (Å²) < 4.78 is 0. The van der Waals surface area contributed by atoms with Crippen molar-refractivity contribution in [3.8, 4) is 0 Å². The fraction of sp³-hybridized carbons (Fsp3) is 0.769. The molecule has 0 spiro atoms. The standard InChI is InChI=1S/C13H22N2S/c1-10(2)7-11(9-15-12-3-4-12)8-13-14-5-6-16-13/h5-6,10-12,15H,3-4,7-9H2,1-2H3. The van der Waals surface area contributed by atoms with Crippen LogP contribution in [0.15, 0.2) is 11.6 Å². The molecule has 1 aromatic heterocycles. The molecule has 0 saturated heterocycles. The van der Waals surface area contributed by atoms with Crippen molar-refractivity contribution in [3.05, 3.63) is 16.6 Å². The first kappa shape index (κ1) is 12.1. The molecule has 0 amide bonds. The quantitative estimate of drug-likeness (QED) is 0.789. The van der Waals surface area contributed by atoms with Crippen LogP contribution in [0.5, 0.6) is 0 Å². The van der Waals surface area contributed by atoms with Gasteiger partial charge in [-0.1, -0.05) is 13.8 Å². The Morgan fingerprint density at radius 2 is 2.31 bits per heavy atom. The topological polar surface area (TPSA) is 24.9 Å². The summed E-state index contributed by atoms with van der Waals surface area (Å²) in [7, 11) is 0. The molecule has 2 nitrogen and oxygen atoms in total. The van der Waals surface area contributed by atoms with Gasteiger partial charge in [0.1, 0.15) is 0 Å². The van der Waals surface area contributed by atoms with Crippen molar-refractivity contribution in [2.75, 3.05) is 6.54 Å². The van der Waals surface area contributed by atoms with E-state index < -0.39 is 0 Å². The van der Waals surface area contributed by atoms with Crippen LogP contribution in [0.1, 0.15) is 38.1 Å². The summed E-state index contributed by atoms with van der Waals surface area (Å²) in [4.78, 5) is 4.40. The monoisotopic (exact) mass is 238 g/mol. The first-order valence-electron chi connectivity index (χ1n) is 6.35. The molecule has 2 rings (SSSR count). The molecule has 1 aliphatic rings. The zero-order valence-electron chi connectivity index (χ0n) is 10.3. The second-order valence-electron chi connectivity index (χ2n) is 5.31. The normalized spacial score (nSPS) is 17.9. The molecule has 1 heterocycles. The van der Waals surface area contributed by atoms with E-state index in [1.54, 1.807) is 11.3 Å². The second kappa shape index (κ2) is 5.78. The smallest absolute Gasteiger partial charge is 0.0928 e. The van der Waals surface area contributed by atoms with Crippen molar-refractivity contribution >= 4 is 11.3 Å². The maximum Gasteiger partial charge on any atom is 0.0928 e. The van der Waals surface area contributed by atoms with Gasteiger partial charge in [-0.15, -0.1) is 11.3 Å². The predicted molar refractivity (Wildman–Crippen MR) is 69.8 cm³/mol. The lowest BCUT2D eigenvalue weighted by Gasteiger charge is -2.18. The molecule has 0 aliphatic heterocycles. The van der Waals surface area contributed by atoms with Gasteiger partial charge < -0.3 is 5.32 Å². The van der Waals surface area contributed by atoms with Crippen LogP contribution in [0.2, 0.25) is 0 Å². The van der Waals surface area contributed by atoms with E-state index in [9.17, 15) is 0 Å². The maximum atomic E-state index is 4.40. The largest absolute Gasteiger partial charge is 0.314 e. The van der Waals surface area contributed by atoms with E-state index in [-0.39, 0.29) is 0 Å². The SMILES string of the molecule is CC(C)CC(CNC1CC1)Cc1nccs1. The lowest BCUT2D eigenvalue weighted by Crippen LogP contribution is -2.27. The van der Waals surface area contributed by atoms with Gasteiger partial charge in [-0.05, 0) is 37.6 Å². The lowest BCUT2D eigenvalue weighted by molar-refractivity contribution is 0.383. The molecule has 90 valence electrons. The number of nitrogens with one attached hydrogen (secondary N) is 1. The molecule has 1 aliphatic carbocycles. The van der Waals surface area contributed by atoms with Gasteiger partial charge in [0.15, 0.2) is 0 Å². The van der Waals surface area contributed by atoms with Gasteiger partial charge in [-0.3, -0.25) is 0 Å². The van der Waals surface area contributed by atoms with Crippen LogP contribution in [0.3, 0.4) is 0 Å². The minimum Gasteiger partial charge on any atom is -0.314 e. The van der Waals surface area contributed by atoms with Gasteiger partial charge in [0, 0.05) is 24.0 Å². The molecule has 0 bridgehead atoms. The van der Waals surface area contributed by atoms with Crippen molar-refractivity contribution in [2.45, 2.75) is 45.6 Å². The number of rotatable bonds is 7. The van der Waals surface area contributed by atoms with Gasteiger partial charge in [0.05, 0.1) is 5.01 Å². The fourth-order valence-electron chi connectivity index (χ4n) is 2.13. The summed E-state index contributed by atoms with van der Waals surface area (Å²) in [5.74, 6) is 1.54. The Bertz CT molecular complexity index is 291. The Kier molecular flexibility index (Phi) is 4.36. The highest BCUT2D eigenvalue weighted by Crippen LogP contribution is 2.22. The van der Waals surface area contributed by atoms with Crippen molar-refractivity contribution < 1.29 is 0 Å². The minimum absolute atomic E-state index is 0.756. The van der Waals surface area contributed by atoms with E-state index in [1.807, 2.05) is 6.20 Å². The van der Waals surface area contributed by atoms with Crippen molar-refractivity contribution in [2.24, 2.45) is 11.8 Å². The average Bonchev–Trinajstić information content (AvgIpc) is 2.92. The highest BCUT2D eigenvalue weighted by molar-refractivity contribution is 7.09. The first-order chi connectivity index (χ1) is 7.74. The predicted octanol–water partition coefficient (Wildman–Crippen LogP) is 3.10. The zero-order valence-corrected chi connectivity index (χ0v) is 11.1. The summed E-state index contributed by atoms with van der Waals surface area (Å²) in [5, 5.41) is 7.03. The van der Waals surface area contributed by atoms with E-state index in [4.69, 9.17) is 0 Å². The highest BCUT2D eigenvalue weighted by Gasteiger charge is 2.22. The summed E-state index contributed by atoms with van der Waals surface area (Å²) in [6.07, 6.45) is 7.13. The lowest BCUT2D eigenvalue weighted by atomic mass is 9.94. The first-order valence-corrected chi connectivity index (χ1v) is 7.23. The molecule has 16 heavy (non-hydrogen) atoms. The summed E-state index contributed by atoms with van der Waals surface area (Å²) in [6.45, 7) is 5.79. The summed E-state index contributed by atoms with van der Waals surface area (Å²) in [5.41, 5.74) is 0. The van der Waals surface area contributed by atoms with Crippen LogP contribution in [-0.4, -0.2) is 17.6 Å². The molecule has 3 heteroatoms. The number of hydrogen-bond donors (Lipinski definition) is 1. The number of nitrogens with zero attached hydrogens (tertiary/aromatic N) is 1. The molecule has 1 atom stereocenters. The number of aromatic nitrogens is 1. The van der Waals surface area contributed by atoms with Crippen molar-refractivity contribution in [3.63, 3.8) is 0 Å². The van der Waals surface area contributed by atoms with Gasteiger partial charge in [0.2, 0.25) is 0 Å². The third-order valence-corrected chi connectivity index (χ3v) is 3.83. The number of thiazole rings is 1. The van der Waals surface area contributed by atoms with E-state index in [0.717, 1.165) is 24.3 Å². The molecular weight excluding hydrogens is 216 g/mol. The van der Waals surface area contributed by atoms with E-state index in [1.165, 1.54) is 30.8 Å². The minimum atomic E-state index is 0.756. The van der Waals surface area contributed by atoms with Crippen LogP contribution in [-0.2, 0) is 6.42 Å². The fourth-order valence-corrected chi connectivity index (χ4v) is 2.86. The van der Waals surface area contributed by atoms with Crippen LogP contribution in [0.25, 0.3) is 0 Å². The Morgan fingerprint density at radius 1 is 1.50 bits per heavy atom. The Hall–Kier alpha value is -0.410. The van der Waals surface area contributed by atoms with Crippen LogP contribution >= 0.6 is 11.3 Å². The summed E-state index contributed by atoms with van der Waals surface area (Å²) in [6, 6.07) is 0.825. The highest BCUT2D eigenvalue weighted by atomic mass is 32.1.